The number of hydrogen-bond donors (Lipinski definition) is 0. The van der Waals surface area contributed by atoms with Gasteiger partial charge in [-0.05, 0) is 37.6 Å². The molecule has 3 aromatic rings. The van der Waals surface area contributed by atoms with Gasteiger partial charge in [-0.1, -0.05) is 12.1 Å². The lowest BCUT2D eigenvalue weighted by molar-refractivity contribution is 0.0525. The summed E-state index contributed by atoms with van der Waals surface area (Å²) in [5.74, 6) is 1.10. The number of nitrogens with zero attached hydrogens (tertiary/aromatic N) is 4. The topological polar surface area (TPSA) is 88.8 Å². The summed E-state index contributed by atoms with van der Waals surface area (Å²) in [6.07, 6.45) is 5.41. The van der Waals surface area contributed by atoms with E-state index in [1.54, 1.807) is 19.2 Å². The van der Waals surface area contributed by atoms with Gasteiger partial charge in [-0.15, -0.1) is 0 Å². The van der Waals surface area contributed by atoms with Crippen molar-refractivity contribution in [1.29, 1.82) is 0 Å². The zero-order chi connectivity index (χ0) is 21.6. The predicted molar refractivity (Wildman–Crippen MR) is 115 cm³/mol. The molecule has 0 bridgehead atoms. The van der Waals surface area contributed by atoms with Crippen LogP contribution in [0, 0.1) is 0 Å². The number of benzene rings is 1. The Morgan fingerprint density at radius 1 is 1.00 bits per heavy atom. The molecule has 0 radical (unpaired) electrons. The van der Waals surface area contributed by atoms with Crippen LogP contribution in [-0.2, 0) is 4.74 Å². The van der Waals surface area contributed by atoms with Crippen molar-refractivity contribution >= 4 is 17.7 Å². The van der Waals surface area contributed by atoms with E-state index in [1.165, 1.54) is 12.6 Å². The summed E-state index contributed by atoms with van der Waals surface area (Å²) >= 11 is 0. The van der Waals surface area contributed by atoms with Gasteiger partial charge in [-0.2, -0.15) is 0 Å². The molecular formula is C23H24N4O4. The molecule has 1 amide bonds. The average Bonchev–Trinajstić information content (AvgIpc) is 3.24. The van der Waals surface area contributed by atoms with Gasteiger partial charge < -0.3 is 19.0 Å². The van der Waals surface area contributed by atoms with Crippen LogP contribution in [0.4, 0.5) is 5.82 Å². The van der Waals surface area contributed by atoms with E-state index in [1.807, 2.05) is 35.2 Å². The van der Waals surface area contributed by atoms with Crippen molar-refractivity contribution < 1.29 is 18.7 Å². The molecule has 0 atom stereocenters. The second-order valence-electron chi connectivity index (χ2n) is 7.20. The number of esters is 1. The van der Waals surface area contributed by atoms with Crippen molar-refractivity contribution in [3.8, 4) is 11.3 Å². The van der Waals surface area contributed by atoms with Gasteiger partial charge in [0.15, 0.2) is 12.2 Å². The molecule has 4 rings (SSSR count). The van der Waals surface area contributed by atoms with Crippen molar-refractivity contribution in [1.82, 2.24) is 14.9 Å². The predicted octanol–water partition coefficient (Wildman–Crippen LogP) is 3.27. The lowest BCUT2D eigenvalue weighted by atomic mass is 10.1. The zero-order valence-electron chi connectivity index (χ0n) is 17.4. The van der Waals surface area contributed by atoms with E-state index in [9.17, 15) is 9.59 Å². The zero-order valence-corrected chi connectivity index (χ0v) is 17.4. The smallest absolute Gasteiger partial charge is 0.339 e. The summed E-state index contributed by atoms with van der Waals surface area (Å²) in [6.45, 7) is 4.85. The third-order valence-electron chi connectivity index (χ3n) is 5.21. The first-order valence-electron chi connectivity index (χ1n) is 10.3. The molecule has 160 valence electrons. The van der Waals surface area contributed by atoms with Crippen molar-refractivity contribution in [3.63, 3.8) is 0 Å². The van der Waals surface area contributed by atoms with Gasteiger partial charge in [-0.25, -0.2) is 14.8 Å². The van der Waals surface area contributed by atoms with Crippen LogP contribution in [0.5, 0.6) is 0 Å². The molecule has 31 heavy (non-hydrogen) atoms. The molecule has 8 nitrogen and oxygen atoms in total. The third kappa shape index (κ3) is 4.74. The van der Waals surface area contributed by atoms with Gasteiger partial charge in [0.1, 0.15) is 5.82 Å². The van der Waals surface area contributed by atoms with Gasteiger partial charge in [-0.3, -0.25) is 4.79 Å². The Bertz CT molecular complexity index is 1020. The maximum absolute atomic E-state index is 13.0. The molecule has 1 saturated heterocycles. The van der Waals surface area contributed by atoms with E-state index >= 15 is 0 Å². The number of carbonyl (C=O) groups is 2. The Morgan fingerprint density at radius 3 is 2.48 bits per heavy atom. The highest BCUT2D eigenvalue weighted by Crippen LogP contribution is 2.20. The highest BCUT2D eigenvalue weighted by molar-refractivity contribution is 5.94. The Labute approximate surface area is 180 Å². The van der Waals surface area contributed by atoms with E-state index in [0.717, 1.165) is 24.3 Å². The minimum Gasteiger partial charge on any atom is -0.462 e. The maximum atomic E-state index is 13.0. The van der Waals surface area contributed by atoms with Crippen LogP contribution < -0.4 is 4.90 Å². The van der Waals surface area contributed by atoms with Crippen molar-refractivity contribution in [2.24, 2.45) is 0 Å². The largest absolute Gasteiger partial charge is 0.462 e. The first-order chi connectivity index (χ1) is 15.2. The molecule has 1 aliphatic heterocycles. The van der Waals surface area contributed by atoms with Gasteiger partial charge in [0.05, 0.1) is 18.4 Å². The summed E-state index contributed by atoms with van der Waals surface area (Å²) in [5, 5.41) is 0. The number of rotatable bonds is 5. The fraction of sp³-hybridized carbons (Fsp3) is 0.304. The summed E-state index contributed by atoms with van der Waals surface area (Å²) in [5.41, 5.74) is 1.97. The maximum Gasteiger partial charge on any atom is 0.339 e. The van der Waals surface area contributed by atoms with Crippen LogP contribution in [0.3, 0.4) is 0 Å². The van der Waals surface area contributed by atoms with Crippen LogP contribution in [-0.4, -0.2) is 59.5 Å². The fourth-order valence-corrected chi connectivity index (χ4v) is 3.58. The van der Waals surface area contributed by atoms with Crippen LogP contribution in [0.25, 0.3) is 11.3 Å². The fourth-order valence-electron chi connectivity index (χ4n) is 3.58. The summed E-state index contributed by atoms with van der Waals surface area (Å²) < 4.78 is 10.3. The number of oxazole rings is 1. The summed E-state index contributed by atoms with van der Waals surface area (Å²) in [4.78, 5) is 37.1. The monoisotopic (exact) mass is 420 g/mol. The summed E-state index contributed by atoms with van der Waals surface area (Å²) in [7, 11) is 0. The van der Waals surface area contributed by atoms with E-state index in [0.29, 0.717) is 43.1 Å². The normalized spacial score (nSPS) is 14.2. The van der Waals surface area contributed by atoms with Crippen LogP contribution >= 0.6 is 0 Å². The van der Waals surface area contributed by atoms with E-state index < -0.39 is 0 Å². The standard InChI is InChI=1S/C23H24N4O4/c1-2-30-23(29)19-8-9-21(25-14-19)26-10-3-11-27(13-12-26)22(28)18-6-4-17(5-7-18)20-15-24-16-31-20/h4-9,14-16H,2-3,10-13H2,1H3. The summed E-state index contributed by atoms with van der Waals surface area (Å²) in [6, 6.07) is 10.9. The molecule has 2 aromatic heterocycles. The number of carbonyl (C=O) groups excluding carboxylic acids is 2. The van der Waals surface area contributed by atoms with Gasteiger partial charge >= 0.3 is 5.97 Å². The van der Waals surface area contributed by atoms with E-state index in [2.05, 4.69) is 14.9 Å². The number of hydrogen-bond acceptors (Lipinski definition) is 7. The second-order valence-corrected chi connectivity index (χ2v) is 7.20. The SMILES string of the molecule is CCOC(=O)c1ccc(N2CCCN(C(=O)c3ccc(-c4cnco4)cc3)CC2)nc1. The van der Waals surface area contributed by atoms with E-state index in [4.69, 9.17) is 9.15 Å². The molecule has 0 spiro atoms. The van der Waals surface area contributed by atoms with Gasteiger partial charge in [0.2, 0.25) is 0 Å². The average molecular weight is 420 g/mol. The van der Waals surface area contributed by atoms with E-state index in [-0.39, 0.29) is 11.9 Å². The molecule has 3 heterocycles. The van der Waals surface area contributed by atoms with Crippen molar-refractivity contribution in [3.05, 3.63) is 66.3 Å². The Morgan fingerprint density at radius 2 is 1.81 bits per heavy atom. The van der Waals surface area contributed by atoms with Gasteiger partial charge in [0.25, 0.3) is 5.91 Å². The quantitative estimate of drug-likeness (QED) is 0.585. The lowest BCUT2D eigenvalue weighted by Gasteiger charge is -2.23. The third-order valence-corrected chi connectivity index (χ3v) is 5.21. The van der Waals surface area contributed by atoms with Crippen molar-refractivity contribution in [2.45, 2.75) is 13.3 Å². The number of anilines is 1. The molecule has 0 aliphatic carbocycles. The molecule has 8 heteroatoms. The molecule has 0 N–H and O–H groups in total. The number of ether oxygens (including phenoxy) is 1. The minimum atomic E-state index is -0.372. The molecule has 0 saturated carbocycles. The highest BCUT2D eigenvalue weighted by atomic mass is 16.5. The molecule has 1 aliphatic rings. The number of pyridine rings is 1. The van der Waals surface area contributed by atoms with Crippen LogP contribution in [0.15, 0.2) is 59.6 Å². The van der Waals surface area contributed by atoms with Gasteiger partial charge in [0, 0.05) is 43.5 Å². The lowest BCUT2D eigenvalue weighted by Crippen LogP contribution is -2.35. The van der Waals surface area contributed by atoms with Crippen LogP contribution in [0.2, 0.25) is 0 Å². The second kappa shape index (κ2) is 9.42. The number of aromatic nitrogens is 2. The Kier molecular flexibility index (Phi) is 6.26. The molecule has 1 fully saturated rings. The molecule has 1 aromatic carbocycles. The number of amides is 1. The minimum absolute atomic E-state index is 0.0107. The Hall–Kier alpha value is -3.68. The Balaban J connectivity index is 1.38. The molecule has 0 unspecified atom stereocenters. The highest BCUT2D eigenvalue weighted by Gasteiger charge is 2.21. The first-order valence-corrected chi connectivity index (χ1v) is 10.3. The molecular weight excluding hydrogens is 396 g/mol. The van der Waals surface area contributed by atoms with Crippen LogP contribution in [0.1, 0.15) is 34.1 Å². The van der Waals surface area contributed by atoms with Crippen molar-refractivity contribution in [2.75, 3.05) is 37.7 Å². The first kappa shape index (κ1) is 20.6.